The molecule has 0 aliphatic heterocycles. The molecule has 0 heterocycles. The van der Waals surface area contributed by atoms with Crippen LogP contribution in [0.4, 0.5) is 0 Å². The van der Waals surface area contributed by atoms with Gasteiger partial charge in [-0.1, -0.05) is 69.1 Å². The molecule has 0 fully saturated rings. The molecule has 2 nitrogen and oxygen atoms in total. The maximum atomic E-state index is 10.9. The fraction of sp³-hybridized carbons (Fsp3) is 0.667. The van der Waals surface area contributed by atoms with Gasteiger partial charge in [0.15, 0.2) is 0 Å². The molecule has 0 aliphatic rings. The van der Waals surface area contributed by atoms with Crippen molar-refractivity contribution in [3.63, 3.8) is 0 Å². The third kappa shape index (κ3) is 18.6. The third-order valence-corrected chi connectivity index (χ3v) is 3.75. The summed E-state index contributed by atoms with van der Waals surface area (Å²) < 4.78 is 4.61. The molecule has 0 unspecified atom stereocenters. The monoisotopic (exact) mass is 320 g/mol. The van der Waals surface area contributed by atoms with E-state index in [4.69, 9.17) is 0 Å². The van der Waals surface area contributed by atoms with Crippen LogP contribution in [-0.4, -0.2) is 13.1 Å². The molecule has 23 heavy (non-hydrogen) atoms. The smallest absolute Gasteiger partial charge is 0.305 e. The second-order valence-corrected chi connectivity index (χ2v) is 5.91. The van der Waals surface area contributed by atoms with Crippen LogP contribution in [-0.2, 0) is 9.53 Å². The van der Waals surface area contributed by atoms with Gasteiger partial charge in [-0.15, -0.1) is 0 Å². The molecule has 0 bridgehead atoms. The molecule has 0 N–H and O–H groups in total. The van der Waals surface area contributed by atoms with Gasteiger partial charge in [-0.05, 0) is 44.9 Å². The Kier molecular flexibility index (Phi) is 17.7. The fourth-order valence-corrected chi connectivity index (χ4v) is 2.28. The standard InChI is InChI=1S/C21H36O2/c1-3-4-5-6-7-8-9-10-11-12-13-14-15-16-17-18-19-20-21(22)23-2/h8-9,11-12,14-15H,3-7,10,13,16-20H2,1-2H3. The van der Waals surface area contributed by atoms with Crippen LogP contribution in [0.3, 0.4) is 0 Å². The molecule has 0 aromatic rings. The molecule has 0 aromatic heterocycles. The van der Waals surface area contributed by atoms with Crippen LogP contribution in [0.1, 0.15) is 84.0 Å². The SMILES string of the molecule is CCCCCCC=CCC=CCC=CCCCCCC(=O)OC. The van der Waals surface area contributed by atoms with Crippen molar-refractivity contribution in [2.45, 2.75) is 84.0 Å². The number of methoxy groups -OCH3 is 1. The van der Waals surface area contributed by atoms with Crippen molar-refractivity contribution in [1.82, 2.24) is 0 Å². The third-order valence-electron chi connectivity index (χ3n) is 3.75. The minimum absolute atomic E-state index is 0.0966. The zero-order valence-electron chi connectivity index (χ0n) is 15.3. The molecular formula is C21H36O2. The van der Waals surface area contributed by atoms with E-state index in [-0.39, 0.29) is 5.97 Å². The molecule has 0 spiro atoms. The number of hydrogen-bond donors (Lipinski definition) is 0. The lowest BCUT2D eigenvalue weighted by molar-refractivity contribution is -0.140. The summed E-state index contributed by atoms with van der Waals surface area (Å²) in [6.07, 6.45) is 27.0. The highest BCUT2D eigenvalue weighted by Crippen LogP contribution is 2.05. The second-order valence-electron chi connectivity index (χ2n) is 5.91. The van der Waals surface area contributed by atoms with E-state index in [2.05, 4.69) is 48.1 Å². The van der Waals surface area contributed by atoms with Crippen molar-refractivity contribution in [1.29, 1.82) is 0 Å². The van der Waals surface area contributed by atoms with Crippen molar-refractivity contribution < 1.29 is 9.53 Å². The number of hydrogen-bond acceptors (Lipinski definition) is 2. The van der Waals surface area contributed by atoms with Gasteiger partial charge in [0, 0.05) is 6.42 Å². The first-order chi connectivity index (χ1) is 11.3. The van der Waals surface area contributed by atoms with Crippen LogP contribution in [0.5, 0.6) is 0 Å². The minimum Gasteiger partial charge on any atom is -0.469 e. The molecule has 0 rings (SSSR count). The molecule has 0 radical (unpaired) electrons. The Labute approximate surface area is 143 Å². The number of allylic oxidation sites excluding steroid dienone is 6. The first kappa shape index (κ1) is 21.7. The number of carbonyl (C=O) groups is 1. The number of carbonyl (C=O) groups excluding carboxylic acids is 1. The van der Waals surface area contributed by atoms with Gasteiger partial charge in [-0.3, -0.25) is 4.79 Å². The van der Waals surface area contributed by atoms with E-state index in [9.17, 15) is 4.79 Å². The summed E-state index contributed by atoms with van der Waals surface area (Å²) in [6, 6.07) is 0. The van der Waals surface area contributed by atoms with Crippen molar-refractivity contribution in [2.24, 2.45) is 0 Å². The maximum Gasteiger partial charge on any atom is 0.305 e. The van der Waals surface area contributed by atoms with Crippen molar-refractivity contribution in [3.8, 4) is 0 Å². The summed E-state index contributed by atoms with van der Waals surface area (Å²) in [4.78, 5) is 10.9. The van der Waals surface area contributed by atoms with Gasteiger partial charge in [0.25, 0.3) is 0 Å². The molecule has 0 saturated carbocycles. The molecule has 0 amide bonds. The van der Waals surface area contributed by atoms with Crippen LogP contribution < -0.4 is 0 Å². The lowest BCUT2D eigenvalue weighted by Crippen LogP contribution is -1.98. The average Bonchev–Trinajstić information content (AvgIpc) is 2.57. The number of ether oxygens (including phenoxy) is 1. The summed E-state index contributed by atoms with van der Waals surface area (Å²) in [5.41, 5.74) is 0. The van der Waals surface area contributed by atoms with E-state index in [0.29, 0.717) is 6.42 Å². The molecular weight excluding hydrogens is 284 g/mol. The van der Waals surface area contributed by atoms with Gasteiger partial charge in [-0.2, -0.15) is 0 Å². The summed E-state index contributed by atoms with van der Waals surface area (Å²) >= 11 is 0. The molecule has 0 saturated heterocycles. The van der Waals surface area contributed by atoms with Gasteiger partial charge in [0.1, 0.15) is 0 Å². The van der Waals surface area contributed by atoms with Crippen LogP contribution in [0.25, 0.3) is 0 Å². The van der Waals surface area contributed by atoms with Gasteiger partial charge in [-0.25, -0.2) is 0 Å². The lowest BCUT2D eigenvalue weighted by atomic mass is 10.1. The highest BCUT2D eigenvalue weighted by atomic mass is 16.5. The molecule has 0 aliphatic carbocycles. The average molecular weight is 321 g/mol. The zero-order valence-corrected chi connectivity index (χ0v) is 15.3. The summed E-state index contributed by atoms with van der Waals surface area (Å²) in [7, 11) is 1.45. The Morgan fingerprint density at radius 2 is 1.26 bits per heavy atom. The van der Waals surface area contributed by atoms with Crippen molar-refractivity contribution in [2.75, 3.05) is 7.11 Å². The van der Waals surface area contributed by atoms with Gasteiger partial charge in [0.05, 0.1) is 7.11 Å². The second kappa shape index (κ2) is 18.7. The fourth-order valence-electron chi connectivity index (χ4n) is 2.28. The van der Waals surface area contributed by atoms with E-state index >= 15 is 0 Å². The van der Waals surface area contributed by atoms with Gasteiger partial charge < -0.3 is 4.74 Å². The largest absolute Gasteiger partial charge is 0.469 e. The molecule has 0 aromatic carbocycles. The topological polar surface area (TPSA) is 26.3 Å². The molecule has 132 valence electrons. The number of unbranched alkanes of at least 4 members (excludes halogenated alkanes) is 7. The summed E-state index contributed by atoms with van der Waals surface area (Å²) in [5, 5.41) is 0. The Hall–Kier alpha value is -1.31. The maximum absolute atomic E-state index is 10.9. The quantitative estimate of drug-likeness (QED) is 0.195. The van der Waals surface area contributed by atoms with Gasteiger partial charge >= 0.3 is 5.97 Å². The Bertz CT molecular complexity index is 340. The Morgan fingerprint density at radius 1 is 0.739 bits per heavy atom. The van der Waals surface area contributed by atoms with E-state index in [0.717, 1.165) is 38.5 Å². The summed E-state index contributed by atoms with van der Waals surface area (Å²) in [5.74, 6) is -0.0966. The highest BCUT2D eigenvalue weighted by Gasteiger charge is 1.97. The zero-order chi connectivity index (χ0) is 17.0. The van der Waals surface area contributed by atoms with Crippen molar-refractivity contribution in [3.05, 3.63) is 36.5 Å². The first-order valence-electron chi connectivity index (χ1n) is 9.33. The van der Waals surface area contributed by atoms with E-state index in [1.54, 1.807) is 0 Å². The number of rotatable bonds is 15. The number of esters is 1. The predicted octanol–water partition coefficient (Wildman–Crippen LogP) is 6.53. The van der Waals surface area contributed by atoms with Crippen LogP contribution in [0.2, 0.25) is 0 Å². The van der Waals surface area contributed by atoms with E-state index in [1.807, 2.05) is 0 Å². The first-order valence-corrected chi connectivity index (χ1v) is 9.33. The van der Waals surface area contributed by atoms with E-state index < -0.39 is 0 Å². The van der Waals surface area contributed by atoms with Crippen LogP contribution >= 0.6 is 0 Å². The van der Waals surface area contributed by atoms with Crippen LogP contribution in [0.15, 0.2) is 36.5 Å². The van der Waals surface area contributed by atoms with Gasteiger partial charge in [0.2, 0.25) is 0 Å². The summed E-state index contributed by atoms with van der Waals surface area (Å²) in [6.45, 7) is 2.25. The Morgan fingerprint density at radius 3 is 1.78 bits per heavy atom. The highest BCUT2D eigenvalue weighted by molar-refractivity contribution is 5.68. The minimum atomic E-state index is -0.0966. The predicted molar refractivity (Wildman–Crippen MR) is 101 cm³/mol. The lowest BCUT2D eigenvalue weighted by Gasteiger charge is -1.98. The normalized spacial score (nSPS) is 11.9. The van der Waals surface area contributed by atoms with E-state index in [1.165, 1.54) is 39.2 Å². The Balaban J connectivity index is 3.32. The molecule has 2 heteroatoms. The molecule has 0 atom stereocenters. The van der Waals surface area contributed by atoms with Crippen LogP contribution in [0, 0.1) is 0 Å². The van der Waals surface area contributed by atoms with Crippen molar-refractivity contribution >= 4 is 5.97 Å².